The van der Waals surface area contributed by atoms with E-state index in [0.29, 0.717) is 0 Å². The largest absolute Gasteiger partial charge is 0.309 e. The van der Waals surface area contributed by atoms with Crippen LogP contribution in [0, 0.1) is 0 Å². The van der Waals surface area contributed by atoms with Crippen molar-refractivity contribution in [3.63, 3.8) is 0 Å². The third-order valence-corrected chi connectivity index (χ3v) is 10.1. The molecule has 0 aliphatic rings. The van der Waals surface area contributed by atoms with E-state index in [2.05, 4.69) is 227 Å². The van der Waals surface area contributed by atoms with Gasteiger partial charge in [-0.1, -0.05) is 146 Å². The molecule has 8 aromatic carbocycles. The molecule has 10 aromatic rings. The molecule has 0 radical (unpaired) electrons. The van der Waals surface area contributed by atoms with Gasteiger partial charge in [0.2, 0.25) is 0 Å². The van der Waals surface area contributed by atoms with Gasteiger partial charge >= 0.3 is 0 Å². The topological polar surface area (TPSA) is 9.86 Å². The highest BCUT2D eigenvalue weighted by Crippen LogP contribution is 2.39. The molecule has 0 saturated heterocycles. The van der Waals surface area contributed by atoms with Gasteiger partial charge < -0.3 is 9.13 Å². The summed E-state index contributed by atoms with van der Waals surface area (Å²) in [5.41, 5.74) is 14.4. The number of benzene rings is 8. The minimum atomic E-state index is 1.18. The van der Waals surface area contributed by atoms with Gasteiger partial charge in [-0.2, -0.15) is 0 Å². The maximum Gasteiger partial charge on any atom is 0.0541 e. The first-order valence-corrected chi connectivity index (χ1v) is 19.0. The number of hydrogen-bond donors (Lipinski definition) is 2. The lowest BCUT2D eigenvalue weighted by Gasteiger charge is -2.16. The molecule has 4 heteroatoms. The molecule has 0 aliphatic heterocycles. The van der Waals surface area contributed by atoms with Crippen LogP contribution < -0.4 is 0 Å². The Kier molecular flexibility index (Phi) is 8.40. The van der Waals surface area contributed by atoms with Crippen LogP contribution in [-0.4, -0.2) is 9.13 Å². The lowest BCUT2D eigenvalue weighted by Crippen LogP contribution is -1.97. The molecule has 248 valence electrons. The van der Waals surface area contributed by atoms with Gasteiger partial charge in [0.15, 0.2) is 0 Å². The van der Waals surface area contributed by atoms with Crippen molar-refractivity contribution in [1.29, 1.82) is 0 Å². The van der Waals surface area contributed by atoms with E-state index in [1.807, 2.05) is 0 Å². The smallest absolute Gasteiger partial charge is 0.0541 e. The molecule has 0 aliphatic carbocycles. The molecule has 10 rings (SSSR count). The van der Waals surface area contributed by atoms with E-state index < -0.39 is 0 Å². The fraction of sp³-hybridized carbons (Fsp3) is 0. The lowest BCUT2D eigenvalue weighted by molar-refractivity contribution is 1.18. The zero-order valence-corrected chi connectivity index (χ0v) is 30.1. The van der Waals surface area contributed by atoms with Crippen molar-refractivity contribution in [1.82, 2.24) is 9.13 Å². The average molecular weight is 703 g/mol. The Morgan fingerprint density at radius 2 is 0.558 bits per heavy atom. The quantitative estimate of drug-likeness (QED) is 0.131. The molecule has 0 amide bonds. The molecule has 0 fully saturated rings. The lowest BCUT2D eigenvalue weighted by atomic mass is 9.95. The summed E-state index contributed by atoms with van der Waals surface area (Å²) in [5, 5.41) is 5.07. The van der Waals surface area contributed by atoms with Gasteiger partial charge in [0.1, 0.15) is 0 Å². The van der Waals surface area contributed by atoms with Crippen LogP contribution >= 0.6 is 23.3 Å². The summed E-state index contributed by atoms with van der Waals surface area (Å²) >= 11 is 6.44. The predicted octanol–water partition coefficient (Wildman–Crippen LogP) is 13.6. The molecule has 2 nitrogen and oxygen atoms in total. The maximum absolute atomic E-state index is 3.22. The molecule has 0 spiro atoms. The van der Waals surface area contributed by atoms with Gasteiger partial charge in [-0.05, 0) is 70.8 Å². The molecular weight excluding hydrogens is 669 g/mol. The van der Waals surface area contributed by atoms with Crippen molar-refractivity contribution in [2.24, 2.45) is 0 Å². The van der Waals surface area contributed by atoms with Crippen molar-refractivity contribution in [3.05, 3.63) is 194 Å². The monoisotopic (exact) mass is 702 g/mol. The van der Waals surface area contributed by atoms with Gasteiger partial charge in [0, 0.05) is 32.7 Å². The highest BCUT2D eigenvalue weighted by molar-refractivity contribution is 8.59. The number of thiol groups is 2. The first-order valence-electron chi connectivity index (χ1n) is 17.4. The van der Waals surface area contributed by atoms with Crippen LogP contribution in [0.2, 0.25) is 0 Å². The minimum absolute atomic E-state index is 1.18. The van der Waals surface area contributed by atoms with Gasteiger partial charge in [-0.25, -0.2) is 0 Å². The standard InChI is InChI=1S/C48H32N2.H2S2/c1-7-25-43(49-45-27-9-3-21-39(45)40-22-4-10-28-46(40)49)37(19-1)35-17-13-15-33(31-35)34-16-14-18-36(32-34)38-20-2-8-26-44(38)50-47-29-11-5-23-41(47)42-24-6-12-30-48(42)50;1-2/h1-32H;1-2H. The third kappa shape index (κ3) is 5.31. The molecular formula is C48H34N2S2. The molecule has 0 bridgehead atoms. The number of fused-ring (bicyclic) bond motifs is 6. The molecule has 2 heterocycles. The minimum Gasteiger partial charge on any atom is -0.309 e. The summed E-state index contributed by atoms with van der Waals surface area (Å²) < 4.78 is 4.83. The zero-order valence-electron chi connectivity index (χ0n) is 28.3. The molecule has 52 heavy (non-hydrogen) atoms. The van der Waals surface area contributed by atoms with Crippen molar-refractivity contribution in [3.8, 4) is 44.8 Å². The summed E-state index contributed by atoms with van der Waals surface area (Å²) in [5.74, 6) is 0. The summed E-state index contributed by atoms with van der Waals surface area (Å²) in [4.78, 5) is 0. The Balaban J connectivity index is 0.00000177. The van der Waals surface area contributed by atoms with Crippen molar-refractivity contribution in [2.45, 2.75) is 0 Å². The second kappa shape index (κ2) is 13.6. The molecule has 0 saturated carbocycles. The van der Waals surface area contributed by atoms with E-state index in [0.717, 1.165) is 0 Å². The molecule has 0 atom stereocenters. The zero-order chi connectivity index (χ0) is 35.0. The van der Waals surface area contributed by atoms with E-state index in [1.165, 1.54) is 88.4 Å². The number of para-hydroxylation sites is 6. The Labute approximate surface area is 313 Å². The van der Waals surface area contributed by atoms with Crippen LogP contribution in [-0.2, 0) is 0 Å². The highest BCUT2D eigenvalue weighted by atomic mass is 33.1. The third-order valence-electron chi connectivity index (χ3n) is 10.1. The van der Waals surface area contributed by atoms with Crippen molar-refractivity contribution in [2.75, 3.05) is 0 Å². The van der Waals surface area contributed by atoms with E-state index in [9.17, 15) is 0 Å². The molecule has 0 unspecified atom stereocenters. The van der Waals surface area contributed by atoms with Crippen LogP contribution in [0.4, 0.5) is 0 Å². The van der Waals surface area contributed by atoms with E-state index in [-0.39, 0.29) is 0 Å². The second-order valence-electron chi connectivity index (χ2n) is 12.9. The van der Waals surface area contributed by atoms with Crippen LogP contribution in [0.25, 0.3) is 88.4 Å². The Morgan fingerprint density at radius 1 is 0.269 bits per heavy atom. The van der Waals surface area contributed by atoms with Crippen molar-refractivity contribution >= 4 is 66.9 Å². The highest BCUT2D eigenvalue weighted by Gasteiger charge is 2.17. The Bertz CT molecular complexity index is 2590. The summed E-state index contributed by atoms with van der Waals surface area (Å²) in [6.07, 6.45) is 0. The van der Waals surface area contributed by atoms with Gasteiger partial charge in [0.05, 0.1) is 33.4 Å². The number of aromatic nitrogens is 2. The van der Waals surface area contributed by atoms with Crippen LogP contribution in [0.3, 0.4) is 0 Å². The molecule has 2 aromatic heterocycles. The number of rotatable bonds is 5. The first kappa shape index (κ1) is 32.0. The number of hydrogen-bond acceptors (Lipinski definition) is 2. The fourth-order valence-electron chi connectivity index (χ4n) is 7.92. The van der Waals surface area contributed by atoms with E-state index in [4.69, 9.17) is 0 Å². The van der Waals surface area contributed by atoms with Gasteiger partial charge in [0.25, 0.3) is 0 Å². The second-order valence-corrected chi connectivity index (χ2v) is 12.9. The Morgan fingerprint density at radius 3 is 0.923 bits per heavy atom. The summed E-state index contributed by atoms with van der Waals surface area (Å²) in [6.45, 7) is 0. The maximum atomic E-state index is 3.22. The first-order chi connectivity index (χ1) is 25.8. The molecule has 0 N–H and O–H groups in total. The van der Waals surface area contributed by atoms with Crippen LogP contribution in [0.5, 0.6) is 0 Å². The van der Waals surface area contributed by atoms with Crippen LogP contribution in [0.1, 0.15) is 0 Å². The number of nitrogens with zero attached hydrogens (tertiary/aromatic N) is 2. The van der Waals surface area contributed by atoms with Crippen LogP contribution in [0.15, 0.2) is 194 Å². The van der Waals surface area contributed by atoms with E-state index >= 15 is 0 Å². The van der Waals surface area contributed by atoms with Gasteiger partial charge in [-0.3, -0.25) is 0 Å². The summed E-state index contributed by atoms with van der Waals surface area (Å²) in [6, 6.07) is 70.4. The predicted molar refractivity (Wildman–Crippen MR) is 229 cm³/mol. The average Bonchev–Trinajstić information content (AvgIpc) is 3.75. The Hall–Kier alpha value is -5.94. The van der Waals surface area contributed by atoms with Crippen molar-refractivity contribution < 1.29 is 0 Å². The fourth-order valence-corrected chi connectivity index (χ4v) is 7.92. The van der Waals surface area contributed by atoms with Gasteiger partial charge in [-0.15, -0.1) is 23.3 Å². The van der Waals surface area contributed by atoms with E-state index in [1.54, 1.807) is 0 Å². The summed E-state index contributed by atoms with van der Waals surface area (Å²) in [7, 11) is 0. The SMILES string of the molecule is SS.c1cc(-c2cccc(-c3ccccc3-n3c4ccccc4c4ccccc43)c2)cc(-c2ccccc2-n2c3ccccc3c3ccccc32)c1. The normalized spacial score (nSPS) is 11.3.